The largest absolute Gasteiger partial charge is 0.506 e. The lowest BCUT2D eigenvalue weighted by molar-refractivity contribution is 0.417. The molecule has 86 valence electrons. The Morgan fingerprint density at radius 1 is 1.47 bits per heavy atom. The number of hydrogen-bond donors (Lipinski definition) is 2. The van der Waals surface area contributed by atoms with Crippen LogP contribution in [0.1, 0.15) is 31.9 Å². The molecule has 0 aromatic heterocycles. The number of para-hydroxylation sites is 1. The minimum Gasteiger partial charge on any atom is -0.506 e. The monoisotopic (exact) mass is 293 g/mol. The number of phenolic OH excluding ortho intramolecular Hbond substituents is 1. The van der Waals surface area contributed by atoms with Crippen LogP contribution >= 0.6 is 28.3 Å². The molecule has 0 radical (unpaired) electrons. The average molecular weight is 295 g/mol. The molecule has 0 saturated carbocycles. The Morgan fingerprint density at radius 3 is 2.60 bits per heavy atom. The van der Waals surface area contributed by atoms with Crippen LogP contribution in [0.4, 0.5) is 0 Å². The molecule has 0 aliphatic rings. The van der Waals surface area contributed by atoms with Gasteiger partial charge in [0.05, 0.1) is 4.47 Å². The summed E-state index contributed by atoms with van der Waals surface area (Å²) in [4.78, 5) is 0. The first-order chi connectivity index (χ1) is 6.57. The summed E-state index contributed by atoms with van der Waals surface area (Å²) < 4.78 is 0.703. The standard InChI is InChI=1S/C11H16BrNO.ClH/c1-3-7(2)10(13)8-5-4-6-9(12)11(8)14;/h4-7,10,14H,3,13H2,1-2H3;1H/t7?,10-;/m1./s1. The number of benzene rings is 1. The quantitative estimate of drug-likeness (QED) is 0.894. The van der Waals surface area contributed by atoms with E-state index in [0.717, 1.165) is 12.0 Å². The van der Waals surface area contributed by atoms with Crippen LogP contribution in [0.3, 0.4) is 0 Å². The molecular formula is C11H17BrClNO. The van der Waals surface area contributed by atoms with Gasteiger partial charge < -0.3 is 10.8 Å². The summed E-state index contributed by atoms with van der Waals surface area (Å²) >= 11 is 3.28. The van der Waals surface area contributed by atoms with Gasteiger partial charge in [-0.1, -0.05) is 32.4 Å². The van der Waals surface area contributed by atoms with Crippen molar-refractivity contribution in [1.82, 2.24) is 0 Å². The maximum Gasteiger partial charge on any atom is 0.134 e. The van der Waals surface area contributed by atoms with E-state index < -0.39 is 0 Å². The maximum atomic E-state index is 9.79. The molecule has 2 atom stereocenters. The first-order valence-corrected chi connectivity index (χ1v) is 5.60. The third kappa shape index (κ3) is 3.37. The average Bonchev–Trinajstić information content (AvgIpc) is 2.20. The summed E-state index contributed by atoms with van der Waals surface area (Å²) in [5, 5.41) is 9.79. The lowest BCUT2D eigenvalue weighted by atomic mass is 9.93. The van der Waals surface area contributed by atoms with E-state index in [4.69, 9.17) is 5.73 Å². The Bertz CT molecular complexity index is 319. The summed E-state index contributed by atoms with van der Waals surface area (Å²) in [6, 6.07) is 5.47. The van der Waals surface area contributed by atoms with Crippen LogP contribution in [-0.4, -0.2) is 5.11 Å². The Balaban J connectivity index is 0.00000196. The molecule has 4 heteroatoms. The molecule has 0 saturated heterocycles. The van der Waals surface area contributed by atoms with Crippen LogP contribution in [0, 0.1) is 5.92 Å². The van der Waals surface area contributed by atoms with E-state index in [2.05, 4.69) is 29.8 Å². The van der Waals surface area contributed by atoms with Crippen molar-refractivity contribution in [3.05, 3.63) is 28.2 Å². The molecule has 1 rings (SSSR count). The van der Waals surface area contributed by atoms with Crippen molar-refractivity contribution in [2.24, 2.45) is 11.7 Å². The van der Waals surface area contributed by atoms with Crippen LogP contribution in [0.5, 0.6) is 5.75 Å². The summed E-state index contributed by atoms with van der Waals surface area (Å²) in [6.45, 7) is 4.19. The van der Waals surface area contributed by atoms with Crippen LogP contribution in [-0.2, 0) is 0 Å². The van der Waals surface area contributed by atoms with E-state index in [1.165, 1.54) is 0 Å². The fourth-order valence-corrected chi connectivity index (χ4v) is 1.74. The van der Waals surface area contributed by atoms with E-state index in [1.54, 1.807) is 0 Å². The summed E-state index contributed by atoms with van der Waals surface area (Å²) in [7, 11) is 0. The zero-order chi connectivity index (χ0) is 10.7. The van der Waals surface area contributed by atoms with Crippen LogP contribution in [0.2, 0.25) is 0 Å². The van der Waals surface area contributed by atoms with E-state index >= 15 is 0 Å². The predicted octanol–water partition coefficient (Wildman–Crippen LogP) is 3.62. The zero-order valence-electron chi connectivity index (χ0n) is 8.90. The van der Waals surface area contributed by atoms with Gasteiger partial charge in [0.25, 0.3) is 0 Å². The number of nitrogens with two attached hydrogens (primary N) is 1. The number of aromatic hydroxyl groups is 1. The Morgan fingerprint density at radius 2 is 2.07 bits per heavy atom. The van der Waals surface area contributed by atoms with Gasteiger partial charge >= 0.3 is 0 Å². The summed E-state index contributed by atoms with van der Waals surface area (Å²) in [5.41, 5.74) is 6.85. The third-order valence-corrected chi connectivity index (χ3v) is 3.27. The van der Waals surface area contributed by atoms with Gasteiger partial charge in [-0.15, -0.1) is 12.4 Å². The molecule has 0 fully saturated rings. The van der Waals surface area contributed by atoms with Gasteiger partial charge in [-0.2, -0.15) is 0 Å². The molecule has 0 spiro atoms. The molecule has 1 aromatic carbocycles. The molecule has 3 N–H and O–H groups in total. The Hall–Kier alpha value is -0.250. The molecule has 0 amide bonds. The highest BCUT2D eigenvalue weighted by Gasteiger charge is 2.17. The highest BCUT2D eigenvalue weighted by Crippen LogP contribution is 2.34. The van der Waals surface area contributed by atoms with Crippen molar-refractivity contribution < 1.29 is 5.11 Å². The molecular weight excluding hydrogens is 277 g/mol. The number of phenols is 1. The Labute approximate surface area is 105 Å². The molecule has 0 aliphatic carbocycles. The van der Waals surface area contributed by atoms with Crippen LogP contribution < -0.4 is 5.73 Å². The van der Waals surface area contributed by atoms with E-state index in [1.807, 2.05) is 18.2 Å². The number of hydrogen-bond acceptors (Lipinski definition) is 2. The highest BCUT2D eigenvalue weighted by molar-refractivity contribution is 9.10. The van der Waals surface area contributed by atoms with Crippen molar-refractivity contribution >= 4 is 28.3 Å². The molecule has 1 unspecified atom stereocenters. The second-order valence-corrected chi connectivity index (χ2v) is 4.44. The smallest absolute Gasteiger partial charge is 0.134 e. The Kier molecular flexibility index (Phi) is 6.25. The predicted molar refractivity (Wildman–Crippen MR) is 69.4 cm³/mol. The normalized spacial score (nSPS) is 14.1. The van der Waals surface area contributed by atoms with Gasteiger partial charge in [0.2, 0.25) is 0 Å². The zero-order valence-corrected chi connectivity index (χ0v) is 11.3. The summed E-state index contributed by atoms with van der Waals surface area (Å²) in [6.07, 6.45) is 1.01. The molecule has 0 bridgehead atoms. The minimum atomic E-state index is -0.0995. The van der Waals surface area contributed by atoms with Crippen molar-refractivity contribution in [2.75, 3.05) is 0 Å². The van der Waals surface area contributed by atoms with E-state index in [9.17, 15) is 5.11 Å². The van der Waals surface area contributed by atoms with E-state index in [-0.39, 0.29) is 24.2 Å². The van der Waals surface area contributed by atoms with Crippen LogP contribution in [0.15, 0.2) is 22.7 Å². The minimum absolute atomic E-state index is 0. The second-order valence-electron chi connectivity index (χ2n) is 3.59. The molecule has 0 heterocycles. The SMILES string of the molecule is CCC(C)[C@@H](N)c1cccc(Br)c1O.Cl. The van der Waals surface area contributed by atoms with Crippen LogP contribution in [0.25, 0.3) is 0 Å². The van der Waals surface area contributed by atoms with Gasteiger partial charge in [-0.3, -0.25) is 0 Å². The topological polar surface area (TPSA) is 46.2 Å². The van der Waals surface area contributed by atoms with Gasteiger partial charge in [0, 0.05) is 11.6 Å². The first kappa shape index (κ1) is 14.8. The third-order valence-electron chi connectivity index (χ3n) is 2.63. The fourth-order valence-electron chi connectivity index (χ4n) is 1.36. The summed E-state index contributed by atoms with van der Waals surface area (Å²) in [5.74, 6) is 0.635. The first-order valence-electron chi connectivity index (χ1n) is 4.80. The van der Waals surface area contributed by atoms with Gasteiger partial charge in [0.1, 0.15) is 5.75 Å². The molecule has 2 nitrogen and oxygen atoms in total. The highest BCUT2D eigenvalue weighted by atomic mass is 79.9. The molecule has 0 aliphatic heterocycles. The van der Waals surface area contributed by atoms with E-state index in [0.29, 0.717) is 10.4 Å². The fraction of sp³-hybridized carbons (Fsp3) is 0.455. The van der Waals surface area contributed by atoms with Crippen molar-refractivity contribution in [3.8, 4) is 5.75 Å². The number of rotatable bonds is 3. The molecule has 15 heavy (non-hydrogen) atoms. The molecule has 1 aromatic rings. The second kappa shape index (κ2) is 6.36. The lowest BCUT2D eigenvalue weighted by Gasteiger charge is -2.20. The number of halogens is 2. The lowest BCUT2D eigenvalue weighted by Crippen LogP contribution is -2.18. The van der Waals surface area contributed by atoms with Crippen molar-refractivity contribution in [3.63, 3.8) is 0 Å². The van der Waals surface area contributed by atoms with Gasteiger partial charge in [0.15, 0.2) is 0 Å². The maximum absolute atomic E-state index is 9.79. The van der Waals surface area contributed by atoms with Gasteiger partial charge in [-0.05, 0) is 27.9 Å². The van der Waals surface area contributed by atoms with Crippen molar-refractivity contribution in [2.45, 2.75) is 26.3 Å². The van der Waals surface area contributed by atoms with Crippen molar-refractivity contribution in [1.29, 1.82) is 0 Å². The van der Waals surface area contributed by atoms with Gasteiger partial charge in [-0.25, -0.2) is 0 Å².